The molecular formula is C10H11FN2O2S. The molecule has 0 saturated heterocycles. The number of nitrogen functional groups attached to an aromatic ring is 1. The zero-order chi connectivity index (χ0) is 11.5. The van der Waals surface area contributed by atoms with E-state index in [2.05, 4.69) is 4.98 Å². The molecular weight excluding hydrogens is 231 g/mol. The average Bonchev–Trinajstić information content (AvgIpc) is 2.68. The first-order valence-corrected chi connectivity index (χ1v) is 6.13. The van der Waals surface area contributed by atoms with Crippen LogP contribution in [0.1, 0.15) is 6.42 Å². The molecule has 1 aromatic carbocycles. The maximum atomic E-state index is 11.9. The second-order valence-electron chi connectivity index (χ2n) is 3.30. The molecule has 4 nitrogen and oxygen atoms in total. The van der Waals surface area contributed by atoms with E-state index < -0.39 is 17.5 Å². The van der Waals surface area contributed by atoms with Gasteiger partial charge in [0.1, 0.15) is 16.3 Å². The summed E-state index contributed by atoms with van der Waals surface area (Å²) in [4.78, 5) is 4.06. The molecule has 1 aromatic heterocycles. The van der Waals surface area contributed by atoms with Crippen LogP contribution in [0.25, 0.3) is 11.1 Å². The number of fused-ring (bicyclic) bond motifs is 1. The zero-order valence-corrected chi connectivity index (χ0v) is 9.30. The van der Waals surface area contributed by atoms with Gasteiger partial charge in [-0.15, -0.1) is 0 Å². The SMILES string of the molecule is Nc1ccc2nc(S(=O)CCCF)oc2c1. The van der Waals surface area contributed by atoms with Gasteiger partial charge in [0.25, 0.3) is 5.22 Å². The second kappa shape index (κ2) is 4.61. The van der Waals surface area contributed by atoms with Crippen LogP contribution in [0.15, 0.2) is 27.8 Å². The molecule has 0 amide bonds. The summed E-state index contributed by atoms with van der Waals surface area (Å²) < 4.78 is 28.8. The number of hydrogen-bond donors (Lipinski definition) is 1. The van der Waals surface area contributed by atoms with E-state index in [-0.39, 0.29) is 17.4 Å². The van der Waals surface area contributed by atoms with Crippen molar-refractivity contribution in [2.24, 2.45) is 0 Å². The Morgan fingerprint density at radius 2 is 2.31 bits per heavy atom. The molecule has 6 heteroatoms. The monoisotopic (exact) mass is 242 g/mol. The van der Waals surface area contributed by atoms with Crippen LogP contribution in [0, 0.1) is 0 Å². The largest absolute Gasteiger partial charge is 0.430 e. The molecule has 2 N–H and O–H groups in total. The fourth-order valence-corrected chi connectivity index (χ4v) is 2.22. The number of nitrogens with zero attached hydrogens (tertiary/aromatic N) is 1. The molecule has 0 aliphatic carbocycles. The first kappa shape index (κ1) is 11.1. The van der Waals surface area contributed by atoms with Gasteiger partial charge in [0.2, 0.25) is 0 Å². The van der Waals surface area contributed by atoms with E-state index in [0.717, 1.165) is 0 Å². The lowest BCUT2D eigenvalue weighted by Crippen LogP contribution is -1.98. The van der Waals surface area contributed by atoms with Gasteiger partial charge in [0.15, 0.2) is 5.58 Å². The summed E-state index contributed by atoms with van der Waals surface area (Å²) in [6.45, 7) is -0.487. The van der Waals surface area contributed by atoms with Crippen molar-refractivity contribution in [1.29, 1.82) is 0 Å². The summed E-state index contributed by atoms with van der Waals surface area (Å²) in [5, 5.41) is 0.133. The third-order valence-electron chi connectivity index (χ3n) is 2.05. The molecule has 16 heavy (non-hydrogen) atoms. The molecule has 0 saturated carbocycles. The highest BCUT2D eigenvalue weighted by Crippen LogP contribution is 2.20. The minimum Gasteiger partial charge on any atom is -0.430 e. The van der Waals surface area contributed by atoms with Crippen LogP contribution < -0.4 is 5.73 Å². The molecule has 86 valence electrons. The third-order valence-corrected chi connectivity index (χ3v) is 3.27. The molecule has 2 aromatic rings. The van der Waals surface area contributed by atoms with Crippen LogP contribution >= 0.6 is 0 Å². The molecule has 0 bridgehead atoms. The van der Waals surface area contributed by atoms with E-state index in [1.165, 1.54) is 0 Å². The normalized spacial score (nSPS) is 13.1. The average molecular weight is 242 g/mol. The van der Waals surface area contributed by atoms with Crippen molar-refractivity contribution < 1.29 is 13.0 Å². The fourth-order valence-electron chi connectivity index (χ4n) is 1.29. The van der Waals surface area contributed by atoms with Gasteiger partial charge in [0.05, 0.1) is 6.67 Å². The number of rotatable bonds is 4. The zero-order valence-electron chi connectivity index (χ0n) is 8.48. The number of hydrogen-bond acceptors (Lipinski definition) is 4. The van der Waals surface area contributed by atoms with Gasteiger partial charge in [-0.2, -0.15) is 0 Å². The van der Waals surface area contributed by atoms with E-state index in [1.54, 1.807) is 18.2 Å². The number of nitrogens with two attached hydrogens (primary N) is 1. The lowest BCUT2D eigenvalue weighted by Gasteiger charge is -1.92. The van der Waals surface area contributed by atoms with Gasteiger partial charge < -0.3 is 10.2 Å². The lowest BCUT2D eigenvalue weighted by atomic mass is 10.3. The quantitative estimate of drug-likeness (QED) is 0.831. The standard InChI is InChI=1S/C10H11FN2O2S/c11-4-1-5-16(14)10-13-8-3-2-7(12)6-9(8)15-10/h2-3,6H,1,4-5,12H2. The number of anilines is 1. The van der Waals surface area contributed by atoms with Crippen LogP contribution in [0.2, 0.25) is 0 Å². The molecule has 2 rings (SSSR count). The van der Waals surface area contributed by atoms with Gasteiger partial charge in [0, 0.05) is 17.5 Å². The predicted octanol–water partition coefficient (Wildman–Crippen LogP) is 1.88. The maximum Gasteiger partial charge on any atom is 0.287 e. The fraction of sp³-hybridized carbons (Fsp3) is 0.300. The summed E-state index contributed by atoms with van der Waals surface area (Å²) >= 11 is 0. The third kappa shape index (κ3) is 2.21. The number of halogens is 1. The molecule has 0 radical (unpaired) electrons. The maximum absolute atomic E-state index is 11.9. The molecule has 1 atom stereocenters. The summed E-state index contributed by atoms with van der Waals surface area (Å²) in [5.74, 6) is 0.221. The lowest BCUT2D eigenvalue weighted by molar-refractivity contribution is 0.470. The first-order valence-electron chi connectivity index (χ1n) is 4.81. The highest BCUT2D eigenvalue weighted by Gasteiger charge is 2.12. The Bertz CT molecular complexity index is 527. The van der Waals surface area contributed by atoms with Crippen molar-refractivity contribution in [3.63, 3.8) is 0 Å². The minimum atomic E-state index is -1.38. The van der Waals surface area contributed by atoms with Crippen LogP contribution in [0.5, 0.6) is 0 Å². The molecule has 0 aliphatic rings. The van der Waals surface area contributed by atoms with Crippen molar-refractivity contribution in [3.05, 3.63) is 18.2 Å². The Hall–Kier alpha value is -1.43. The van der Waals surface area contributed by atoms with Crippen molar-refractivity contribution >= 4 is 27.6 Å². The van der Waals surface area contributed by atoms with Gasteiger partial charge in [-0.25, -0.2) is 9.19 Å². The van der Waals surface area contributed by atoms with Crippen LogP contribution in [-0.2, 0) is 10.8 Å². The van der Waals surface area contributed by atoms with Crippen molar-refractivity contribution in [2.45, 2.75) is 11.6 Å². The Balaban J connectivity index is 2.28. The number of alkyl halides is 1. The number of aromatic nitrogens is 1. The minimum absolute atomic E-state index is 0.133. The van der Waals surface area contributed by atoms with E-state index in [1.807, 2.05) is 0 Å². The molecule has 0 fully saturated rings. The van der Waals surface area contributed by atoms with Crippen LogP contribution in [0.4, 0.5) is 10.1 Å². The van der Waals surface area contributed by atoms with Crippen molar-refractivity contribution in [1.82, 2.24) is 4.98 Å². The molecule has 1 unspecified atom stereocenters. The topological polar surface area (TPSA) is 69.1 Å². The Morgan fingerprint density at radius 1 is 1.50 bits per heavy atom. The molecule has 1 heterocycles. The number of benzene rings is 1. The first-order chi connectivity index (χ1) is 7.70. The Labute approximate surface area is 94.1 Å². The van der Waals surface area contributed by atoms with Gasteiger partial charge in [-0.1, -0.05) is 0 Å². The van der Waals surface area contributed by atoms with E-state index >= 15 is 0 Å². The van der Waals surface area contributed by atoms with Crippen LogP contribution in [-0.4, -0.2) is 21.6 Å². The number of oxazole rings is 1. The van der Waals surface area contributed by atoms with Gasteiger partial charge >= 0.3 is 0 Å². The van der Waals surface area contributed by atoms with Gasteiger partial charge in [-0.3, -0.25) is 4.39 Å². The van der Waals surface area contributed by atoms with E-state index in [0.29, 0.717) is 16.8 Å². The Morgan fingerprint density at radius 3 is 3.06 bits per heavy atom. The van der Waals surface area contributed by atoms with Crippen molar-refractivity contribution in [2.75, 3.05) is 18.2 Å². The van der Waals surface area contributed by atoms with E-state index in [4.69, 9.17) is 10.2 Å². The summed E-state index contributed by atoms with van der Waals surface area (Å²) in [6, 6.07) is 5.02. The highest BCUT2D eigenvalue weighted by atomic mass is 32.2. The summed E-state index contributed by atoms with van der Waals surface area (Å²) in [5.41, 5.74) is 7.25. The molecule has 0 spiro atoms. The summed E-state index contributed by atoms with van der Waals surface area (Å²) in [6.07, 6.45) is 0.244. The Kier molecular flexibility index (Phi) is 3.19. The smallest absolute Gasteiger partial charge is 0.287 e. The molecule has 0 aliphatic heterocycles. The van der Waals surface area contributed by atoms with Crippen molar-refractivity contribution in [3.8, 4) is 0 Å². The second-order valence-corrected chi connectivity index (χ2v) is 4.75. The van der Waals surface area contributed by atoms with Gasteiger partial charge in [-0.05, 0) is 18.6 Å². The summed E-state index contributed by atoms with van der Waals surface area (Å²) in [7, 11) is -1.38. The van der Waals surface area contributed by atoms with E-state index in [9.17, 15) is 8.60 Å². The van der Waals surface area contributed by atoms with Crippen LogP contribution in [0.3, 0.4) is 0 Å². The predicted molar refractivity (Wildman–Crippen MR) is 60.3 cm³/mol. The highest BCUT2D eigenvalue weighted by molar-refractivity contribution is 7.84.